The first-order valence-corrected chi connectivity index (χ1v) is 7.35. The molecule has 0 saturated carbocycles. The number of hydrogen-bond acceptors (Lipinski definition) is 5. The van der Waals surface area contributed by atoms with Crippen LogP contribution in [0.2, 0.25) is 0 Å². The van der Waals surface area contributed by atoms with Gasteiger partial charge in [0, 0.05) is 17.8 Å². The number of fused-ring (bicyclic) bond motifs is 1. The van der Waals surface area contributed by atoms with Crippen molar-refractivity contribution in [1.82, 2.24) is 14.9 Å². The van der Waals surface area contributed by atoms with E-state index in [9.17, 15) is 4.79 Å². The third kappa shape index (κ3) is 2.71. The van der Waals surface area contributed by atoms with Gasteiger partial charge in [-0.1, -0.05) is 0 Å². The van der Waals surface area contributed by atoms with Crippen LogP contribution in [-0.4, -0.2) is 35.3 Å². The summed E-state index contributed by atoms with van der Waals surface area (Å²) >= 11 is 0. The lowest BCUT2D eigenvalue weighted by atomic mass is 9.95. The molecule has 0 unspecified atom stereocenters. The molecule has 1 saturated heterocycles. The molecule has 0 spiro atoms. The van der Waals surface area contributed by atoms with Crippen molar-refractivity contribution in [2.45, 2.75) is 25.7 Å². The normalized spacial score (nSPS) is 16.2. The lowest BCUT2D eigenvalue weighted by Gasteiger charge is -2.20. The topological polar surface area (TPSA) is 81.7 Å². The summed E-state index contributed by atoms with van der Waals surface area (Å²) < 4.78 is 6.73. The summed E-state index contributed by atoms with van der Waals surface area (Å²) in [6, 6.07) is 3.84. The second-order valence-electron chi connectivity index (χ2n) is 5.33. The molecule has 112 valence electrons. The molecule has 1 aliphatic heterocycles. The van der Waals surface area contributed by atoms with Crippen molar-refractivity contribution >= 4 is 17.2 Å². The summed E-state index contributed by atoms with van der Waals surface area (Å²) in [4.78, 5) is 11.9. The number of esters is 1. The van der Waals surface area contributed by atoms with Crippen molar-refractivity contribution in [1.29, 1.82) is 0 Å². The molecule has 3 rings (SSSR count). The highest BCUT2D eigenvalue weighted by Crippen LogP contribution is 2.26. The molecule has 0 bridgehead atoms. The average Bonchev–Trinajstić information content (AvgIpc) is 2.90. The maximum Gasteiger partial charge on any atom is 0.341 e. The van der Waals surface area contributed by atoms with Gasteiger partial charge in [0.2, 0.25) is 0 Å². The molecule has 3 N–H and O–H groups in total. The average molecular weight is 288 g/mol. The fraction of sp³-hybridized carbons (Fsp3) is 0.467. The Morgan fingerprint density at radius 1 is 1.48 bits per heavy atom. The summed E-state index contributed by atoms with van der Waals surface area (Å²) in [7, 11) is 0. The van der Waals surface area contributed by atoms with Crippen LogP contribution in [0.1, 0.15) is 41.7 Å². The second kappa shape index (κ2) is 5.73. The van der Waals surface area contributed by atoms with Crippen LogP contribution in [0, 0.1) is 0 Å². The molecule has 1 aliphatic rings. The summed E-state index contributed by atoms with van der Waals surface area (Å²) in [5.74, 6) is 0.0641. The number of aromatic nitrogens is 2. The predicted octanol–water partition coefficient (Wildman–Crippen LogP) is 1.56. The maximum atomic E-state index is 11.9. The van der Waals surface area contributed by atoms with Crippen molar-refractivity contribution < 1.29 is 9.53 Å². The standard InChI is InChI=1S/C15H20N4O2/c1-2-21-15(20)12-9-19-11(7-13(12)16)8-14(18-19)10-3-5-17-6-4-10/h7-10,17H,2-6,16H2,1H3. The van der Waals surface area contributed by atoms with E-state index < -0.39 is 5.97 Å². The maximum absolute atomic E-state index is 11.9. The fourth-order valence-corrected chi connectivity index (χ4v) is 2.77. The number of carbonyl (C=O) groups excluding carboxylic acids is 1. The number of rotatable bonds is 3. The first-order chi connectivity index (χ1) is 10.2. The van der Waals surface area contributed by atoms with Crippen LogP contribution in [0.3, 0.4) is 0 Å². The molecule has 0 aliphatic carbocycles. The number of nitrogens with zero attached hydrogens (tertiary/aromatic N) is 2. The van der Waals surface area contributed by atoms with Crippen molar-refractivity contribution in [3.05, 3.63) is 29.6 Å². The van der Waals surface area contributed by atoms with Crippen molar-refractivity contribution in [2.24, 2.45) is 0 Å². The SMILES string of the molecule is CCOC(=O)c1cn2nc(C3CCNCC3)cc2cc1N. The van der Waals surface area contributed by atoms with Gasteiger partial charge in [0.15, 0.2) is 0 Å². The van der Waals surface area contributed by atoms with Crippen LogP contribution in [0.15, 0.2) is 18.3 Å². The summed E-state index contributed by atoms with van der Waals surface area (Å²) in [5.41, 5.74) is 8.72. The van der Waals surface area contributed by atoms with E-state index in [4.69, 9.17) is 10.5 Å². The number of nitrogens with two attached hydrogens (primary N) is 1. The lowest BCUT2D eigenvalue weighted by molar-refractivity contribution is 0.0527. The number of carbonyl (C=O) groups is 1. The van der Waals surface area contributed by atoms with Gasteiger partial charge in [0.05, 0.1) is 17.8 Å². The molecule has 21 heavy (non-hydrogen) atoms. The van der Waals surface area contributed by atoms with Crippen LogP contribution in [-0.2, 0) is 4.74 Å². The van der Waals surface area contributed by atoms with E-state index in [1.54, 1.807) is 23.7 Å². The fourth-order valence-electron chi connectivity index (χ4n) is 2.77. The minimum atomic E-state index is -0.407. The quantitative estimate of drug-likeness (QED) is 0.838. The molecule has 0 amide bonds. The molecule has 6 heteroatoms. The molecular formula is C15H20N4O2. The third-order valence-corrected chi connectivity index (χ3v) is 3.90. The van der Waals surface area contributed by atoms with Gasteiger partial charge in [-0.15, -0.1) is 0 Å². The van der Waals surface area contributed by atoms with Gasteiger partial charge in [-0.2, -0.15) is 5.10 Å². The second-order valence-corrected chi connectivity index (χ2v) is 5.33. The number of ether oxygens (including phenoxy) is 1. The smallest absolute Gasteiger partial charge is 0.341 e. The van der Waals surface area contributed by atoms with E-state index in [2.05, 4.69) is 16.5 Å². The monoisotopic (exact) mass is 288 g/mol. The Bertz CT molecular complexity index is 659. The van der Waals surface area contributed by atoms with E-state index in [1.165, 1.54) is 0 Å². The minimum Gasteiger partial charge on any atom is -0.462 e. The highest BCUT2D eigenvalue weighted by Gasteiger charge is 2.19. The summed E-state index contributed by atoms with van der Waals surface area (Å²) in [6.07, 6.45) is 3.83. The van der Waals surface area contributed by atoms with Gasteiger partial charge in [-0.25, -0.2) is 9.31 Å². The van der Waals surface area contributed by atoms with E-state index >= 15 is 0 Å². The number of pyridine rings is 1. The molecule has 3 heterocycles. The molecule has 2 aromatic heterocycles. The van der Waals surface area contributed by atoms with E-state index in [1.807, 2.05) is 0 Å². The van der Waals surface area contributed by atoms with Crippen LogP contribution < -0.4 is 11.1 Å². The van der Waals surface area contributed by atoms with Gasteiger partial charge < -0.3 is 15.8 Å². The van der Waals surface area contributed by atoms with Gasteiger partial charge in [-0.05, 0) is 45.0 Å². The van der Waals surface area contributed by atoms with E-state index in [0.717, 1.165) is 37.1 Å². The van der Waals surface area contributed by atoms with Gasteiger partial charge in [-0.3, -0.25) is 0 Å². The zero-order valence-electron chi connectivity index (χ0n) is 12.1. The number of anilines is 1. The van der Waals surface area contributed by atoms with Gasteiger partial charge in [0.25, 0.3) is 0 Å². The Labute approximate surface area is 123 Å². The predicted molar refractivity (Wildman–Crippen MR) is 80.4 cm³/mol. The van der Waals surface area contributed by atoms with Crippen LogP contribution in [0.5, 0.6) is 0 Å². The minimum absolute atomic E-state index is 0.329. The van der Waals surface area contributed by atoms with Crippen molar-refractivity contribution in [2.75, 3.05) is 25.4 Å². The van der Waals surface area contributed by atoms with Gasteiger partial charge in [0.1, 0.15) is 5.56 Å². The Balaban J connectivity index is 1.95. The first-order valence-electron chi connectivity index (χ1n) is 7.35. The summed E-state index contributed by atoms with van der Waals surface area (Å²) in [6.45, 7) is 4.15. The molecule has 6 nitrogen and oxygen atoms in total. The molecule has 1 fully saturated rings. The molecule has 2 aromatic rings. The summed E-state index contributed by atoms with van der Waals surface area (Å²) in [5, 5.41) is 7.96. The number of piperidine rings is 1. The molecular weight excluding hydrogens is 268 g/mol. The zero-order valence-corrected chi connectivity index (χ0v) is 12.1. The Kier molecular flexibility index (Phi) is 3.79. The van der Waals surface area contributed by atoms with Crippen LogP contribution in [0.4, 0.5) is 5.69 Å². The first kappa shape index (κ1) is 13.9. The Morgan fingerprint density at radius 3 is 2.95 bits per heavy atom. The van der Waals surface area contributed by atoms with Crippen LogP contribution >= 0.6 is 0 Å². The Hall–Kier alpha value is -2.08. The Morgan fingerprint density at radius 2 is 2.24 bits per heavy atom. The number of nitrogen functional groups attached to an aromatic ring is 1. The highest BCUT2D eigenvalue weighted by molar-refractivity contribution is 5.95. The van der Waals surface area contributed by atoms with Crippen molar-refractivity contribution in [3.63, 3.8) is 0 Å². The highest BCUT2D eigenvalue weighted by atomic mass is 16.5. The largest absolute Gasteiger partial charge is 0.462 e. The van der Waals surface area contributed by atoms with E-state index in [0.29, 0.717) is 23.8 Å². The molecule has 0 atom stereocenters. The zero-order chi connectivity index (χ0) is 14.8. The van der Waals surface area contributed by atoms with Gasteiger partial charge >= 0.3 is 5.97 Å². The molecule has 0 radical (unpaired) electrons. The van der Waals surface area contributed by atoms with Crippen LogP contribution in [0.25, 0.3) is 5.52 Å². The van der Waals surface area contributed by atoms with Crippen molar-refractivity contribution in [3.8, 4) is 0 Å². The lowest BCUT2D eigenvalue weighted by Crippen LogP contribution is -2.26. The number of hydrogen-bond donors (Lipinski definition) is 2. The van der Waals surface area contributed by atoms with E-state index in [-0.39, 0.29) is 0 Å². The molecule has 0 aromatic carbocycles. The number of nitrogens with one attached hydrogen (secondary N) is 1. The third-order valence-electron chi connectivity index (χ3n) is 3.90.